The summed E-state index contributed by atoms with van der Waals surface area (Å²) in [6.07, 6.45) is 1.29. The van der Waals surface area contributed by atoms with Gasteiger partial charge in [0.15, 0.2) is 11.5 Å². The van der Waals surface area contributed by atoms with Crippen LogP contribution in [0.3, 0.4) is 0 Å². The van der Waals surface area contributed by atoms with E-state index >= 15 is 0 Å². The van der Waals surface area contributed by atoms with Gasteiger partial charge in [-0.1, -0.05) is 0 Å². The molecule has 1 aliphatic rings. The molecular formula is C11H13BrO4. The molecule has 1 saturated carbocycles. The molecule has 1 fully saturated rings. The van der Waals surface area contributed by atoms with E-state index in [-0.39, 0.29) is 5.75 Å². The SMILES string of the molecule is COc1cc(O)c(C2(O)CC2)c(Br)c1OC. The van der Waals surface area contributed by atoms with Crippen molar-refractivity contribution >= 4 is 15.9 Å². The molecule has 0 bridgehead atoms. The van der Waals surface area contributed by atoms with Crippen LogP contribution in [-0.4, -0.2) is 24.4 Å². The third kappa shape index (κ3) is 1.64. The van der Waals surface area contributed by atoms with Crippen molar-refractivity contribution in [1.29, 1.82) is 0 Å². The minimum atomic E-state index is -0.928. The molecule has 1 aliphatic carbocycles. The van der Waals surface area contributed by atoms with Gasteiger partial charge in [0.1, 0.15) is 5.75 Å². The molecular weight excluding hydrogens is 276 g/mol. The Hall–Kier alpha value is -0.940. The molecule has 0 radical (unpaired) electrons. The van der Waals surface area contributed by atoms with Gasteiger partial charge in [-0.15, -0.1) is 0 Å². The van der Waals surface area contributed by atoms with Gasteiger partial charge in [-0.3, -0.25) is 0 Å². The van der Waals surface area contributed by atoms with Gasteiger partial charge in [0.05, 0.1) is 24.3 Å². The Bertz CT molecular complexity index is 426. The molecule has 0 atom stereocenters. The fourth-order valence-electron chi connectivity index (χ4n) is 1.75. The summed E-state index contributed by atoms with van der Waals surface area (Å²) in [6, 6.07) is 1.45. The summed E-state index contributed by atoms with van der Waals surface area (Å²) in [7, 11) is 3.01. The molecule has 0 amide bonds. The highest BCUT2D eigenvalue weighted by atomic mass is 79.9. The highest BCUT2D eigenvalue weighted by molar-refractivity contribution is 9.10. The molecule has 0 heterocycles. The quantitative estimate of drug-likeness (QED) is 0.895. The second-order valence-corrected chi connectivity index (χ2v) is 4.64. The van der Waals surface area contributed by atoms with Crippen LogP contribution < -0.4 is 9.47 Å². The lowest BCUT2D eigenvalue weighted by atomic mass is 10.1. The number of halogens is 1. The minimum Gasteiger partial charge on any atom is -0.507 e. The highest BCUT2D eigenvalue weighted by Gasteiger charge is 2.46. The molecule has 1 aromatic carbocycles. The van der Waals surface area contributed by atoms with E-state index in [1.165, 1.54) is 20.3 Å². The predicted molar refractivity (Wildman–Crippen MR) is 62.0 cm³/mol. The zero-order valence-electron chi connectivity index (χ0n) is 9.08. The van der Waals surface area contributed by atoms with Crippen molar-refractivity contribution in [3.05, 3.63) is 16.1 Å². The Labute approximate surface area is 102 Å². The van der Waals surface area contributed by atoms with E-state index in [9.17, 15) is 10.2 Å². The molecule has 16 heavy (non-hydrogen) atoms. The van der Waals surface area contributed by atoms with Crippen LogP contribution in [-0.2, 0) is 5.60 Å². The van der Waals surface area contributed by atoms with Crippen LogP contribution in [0.4, 0.5) is 0 Å². The van der Waals surface area contributed by atoms with E-state index in [1.54, 1.807) is 0 Å². The lowest BCUT2D eigenvalue weighted by Gasteiger charge is -2.17. The summed E-state index contributed by atoms with van der Waals surface area (Å²) in [6.45, 7) is 0. The van der Waals surface area contributed by atoms with Crippen molar-refractivity contribution in [2.75, 3.05) is 14.2 Å². The van der Waals surface area contributed by atoms with Gasteiger partial charge in [0.25, 0.3) is 0 Å². The number of aliphatic hydroxyl groups is 1. The van der Waals surface area contributed by atoms with E-state index < -0.39 is 5.60 Å². The maximum Gasteiger partial charge on any atom is 0.175 e. The van der Waals surface area contributed by atoms with E-state index in [0.29, 0.717) is 34.4 Å². The third-order valence-electron chi connectivity index (χ3n) is 2.78. The van der Waals surface area contributed by atoms with Gasteiger partial charge in [-0.25, -0.2) is 0 Å². The summed E-state index contributed by atoms with van der Waals surface area (Å²) < 4.78 is 10.8. The van der Waals surface area contributed by atoms with Gasteiger partial charge in [0.2, 0.25) is 0 Å². The number of hydrogen-bond donors (Lipinski definition) is 2. The molecule has 88 valence electrons. The second-order valence-electron chi connectivity index (χ2n) is 3.85. The second kappa shape index (κ2) is 3.82. The lowest BCUT2D eigenvalue weighted by molar-refractivity contribution is 0.146. The van der Waals surface area contributed by atoms with Crippen molar-refractivity contribution in [3.8, 4) is 17.2 Å². The Kier molecular flexibility index (Phi) is 2.75. The Morgan fingerprint density at radius 3 is 2.38 bits per heavy atom. The van der Waals surface area contributed by atoms with Gasteiger partial charge >= 0.3 is 0 Å². The monoisotopic (exact) mass is 288 g/mol. The average Bonchev–Trinajstić information content (AvgIpc) is 2.96. The molecule has 5 heteroatoms. The van der Waals surface area contributed by atoms with Gasteiger partial charge in [-0.2, -0.15) is 0 Å². The normalized spacial score (nSPS) is 17.0. The smallest absolute Gasteiger partial charge is 0.175 e. The first-order chi connectivity index (χ1) is 7.53. The minimum absolute atomic E-state index is 0.0181. The molecule has 1 aromatic rings. The summed E-state index contributed by atoms with van der Waals surface area (Å²) in [5.41, 5.74) is -0.451. The maximum atomic E-state index is 10.1. The maximum absolute atomic E-state index is 10.1. The Morgan fingerprint density at radius 2 is 1.94 bits per heavy atom. The molecule has 0 saturated heterocycles. The number of methoxy groups -OCH3 is 2. The van der Waals surface area contributed by atoms with Crippen LogP contribution in [0, 0.1) is 0 Å². The highest BCUT2D eigenvalue weighted by Crippen LogP contribution is 2.55. The number of benzene rings is 1. The van der Waals surface area contributed by atoms with Crippen molar-refractivity contribution in [3.63, 3.8) is 0 Å². The van der Waals surface area contributed by atoms with E-state index in [4.69, 9.17) is 9.47 Å². The van der Waals surface area contributed by atoms with Crippen LogP contribution in [0.15, 0.2) is 10.5 Å². The number of hydrogen-bond acceptors (Lipinski definition) is 4. The van der Waals surface area contributed by atoms with Crippen LogP contribution >= 0.6 is 15.9 Å². The van der Waals surface area contributed by atoms with Crippen LogP contribution in [0.2, 0.25) is 0 Å². The average molecular weight is 289 g/mol. The van der Waals surface area contributed by atoms with Crippen molar-refractivity contribution < 1.29 is 19.7 Å². The van der Waals surface area contributed by atoms with Crippen molar-refractivity contribution in [2.45, 2.75) is 18.4 Å². The first-order valence-electron chi connectivity index (χ1n) is 4.90. The zero-order valence-corrected chi connectivity index (χ0v) is 10.7. The lowest BCUT2D eigenvalue weighted by Crippen LogP contribution is -2.07. The number of rotatable bonds is 3. The number of phenolic OH excluding ortho intramolecular Hbond substituents is 1. The number of phenols is 1. The molecule has 0 aliphatic heterocycles. The van der Waals surface area contributed by atoms with Crippen molar-refractivity contribution in [1.82, 2.24) is 0 Å². The molecule has 0 spiro atoms. The van der Waals surface area contributed by atoms with E-state index in [0.717, 1.165) is 0 Å². The van der Waals surface area contributed by atoms with Gasteiger partial charge in [0, 0.05) is 11.6 Å². The first-order valence-corrected chi connectivity index (χ1v) is 5.69. The van der Waals surface area contributed by atoms with Crippen molar-refractivity contribution in [2.24, 2.45) is 0 Å². The number of aromatic hydroxyl groups is 1. The zero-order chi connectivity index (χ0) is 11.9. The summed E-state index contributed by atoms with van der Waals surface area (Å²) in [5.74, 6) is 0.931. The number of ether oxygens (including phenoxy) is 2. The summed E-state index contributed by atoms with van der Waals surface area (Å²) >= 11 is 3.33. The van der Waals surface area contributed by atoms with Crippen LogP contribution in [0.25, 0.3) is 0 Å². The standard InChI is InChI=1S/C11H13BrO4/c1-15-7-5-6(13)8(11(14)3-4-11)9(12)10(7)16-2/h5,13-14H,3-4H2,1-2H3. The molecule has 0 unspecified atom stereocenters. The fourth-order valence-corrected chi connectivity index (χ4v) is 2.68. The van der Waals surface area contributed by atoms with Gasteiger partial charge < -0.3 is 19.7 Å². The topological polar surface area (TPSA) is 58.9 Å². The Morgan fingerprint density at radius 1 is 1.31 bits per heavy atom. The Balaban J connectivity index is 2.62. The van der Waals surface area contributed by atoms with E-state index in [1.807, 2.05) is 0 Å². The molecule has 2 N–H and O–H groups in total. The predicted octanol–water partition coefficient (Wildman–Crippen LogP) is 2.15. The largest absolute Gasteiger partial charge is 0.507 e. The molecule has 0 aromatic heterocycles. The van der Waals surface area contributed by atoms with Crippen LogP contribution in [0.5, 0.6) is 17.2 Å². The molecule has 4 nitrogen and oxygen atoms in total. The summed E-state index contributed by atoms with van der Waals surface area (Å²) in [5, 5.41) is 19.9. The van der Waals surface area contributed by atoms with E-state index in [2.05, 4.69) is 15.9 Å². The summed E-state index contributed by atoms with van der Waals surface area (Å²) in [4.78, 5) is 0. The fraction of sp³-hybridized carbons (Fsp3) is 0.455. The van der Waals surface area contributed by atoms with Gasteiger partial charge in [-0.05, 0) is 28.8 Å². The molecule has 2 rings (SSSR count). The van der Waals surface area contributed by atoms with Crippen LogP contribution in [0.1, 0.15) is 18.4 Å². The third-order valence-corrected chi connectivity index (χ3v) is 3.54. The first kappa shape index (κ1) is 11.5.